The average Bonchev–Trinajstić information content (AvgIpc) is 3.33. The minimum Gasteiger partial charge on any atom is -0.350 e. The minimum absolute atomic E-state index is 0.180. The van der Waals surface area contributed by atoms with Gasteiger partial charge in [-0.1, -0.05) is 35.0 Å². The van der Waals surface area contributed by atoms with Crippen LogP contribution in [0.25, 0.3) is 11.3 Å². The molecule has 134 valence electrons. The number of carbonyl (C=O) groups excluding carboxylic acids is 1. The van der Waals surface area contributed by atoms with Crippen LogP contribution >= 0.6 is 11.3 Å². The number of hydrogen-bond donors (Lipinski definition) is 2. The number of benzene rings is 1. The SMILES string of the molecule is Cc1ccc(-c2cc(C(=O)Nc3ncc(C4CCNCC4)s3)on2)cc1. The third kappa shape index (κ3) is 3.68. The van der Waals surface area contributed by atoms with Gasteiger partial charge in [0.25, 0.3) is 5.91 Å². The van der Waals surface area contributed by atoms with E-state index in [4.69, 9.17) is 4.52 Å². The Kier molecular flexibility index (Phi) is 4.81. The van der Waals surface area contributed by atoms with Crippen molar-refractivity contribution in [3.05, 3.63) is 52.7 Å². The molecular weight excluding hydrogens is 348 g/mol. The number of hydrogen-bond acceptors (Lipinski definition) is 6. The Hall–Kier alpha value is -2.51. The summed E-state index contributed by atoms with van der Waals surface area (Å²) in [5.41, 5.74) is 2.73. The minimum atomic E-state index is -0.331. The normalized spacial score (nSPS) is 15.1. The van der Waals surface area contributed by atoms with Gasteiger partial charge in [0.1, 0.15) is 5.69 Å². The van der Waals surface area contributed by atoms with Gasteiger partial charge < -0.3 is 9.84 Å². The highest BCUT2D eigenvalue weighted by Crippen LogP contribution is 2.32. The van der Waals surface area contributed by atoms with Gasteiger partial charge in [0.2, 0.25) is 5.76 Å². The van der Waals surface area contributed by atoms with Crippen molar-refractivity contribution in [3.8, 4) is 11.3 Å². The largest absolute Gasteiger partial charge is 0.350 e. The van der Waals surface area contributed by atoms with Crippen LogP contribution in [0.2, 0.25) is 0 Å². The Morgan fingerprint density at radius 3 is 2.81 bits per heavy atom. The molecule has 4 rings (SSSR count). The second-order valence-electron chi connectivity index (χ2n) is 6.49. The number of thiazole rings is 1. The van der Waals surface area contributed by atoms with Crippen molar-refractivity contribution in [2.45, 2.75) is 25.7 Å². The summed E-state index contributed by atoms with van der Waals surface area (Å²) >= 11 is 1.53. The quantitative estimate of drug-likeness (QED) is 0.732. The van der Waals surface area contributed by atoms with Gasteiger partial charge >= 0.3 is 0 Å². The number of piperidine rings is 1. The van der Waals surface area contributed by atoms with E-state index in [1.165, 1.54) is 21.8 Å². The van der Waals surface area contributed by atoms with Crippen LogP contribution in [0.15, 0.2) is 41.1 Å². The molecule has 26 heavy (non-hydrogen) atoms. The number of aromatic nitrogens is 2. The number of aryl methyl sites for hydroxylation is 1. The summed E-state index contributed by atoms with van der Waals surface area (Å²) in [7, 11) is 0. The molecule has 1 amide bonds. The van der Waals surface area contributed by atoms with Gasteiger partial charge in [-0.05, 0) is 38.8 Å². The first kappa shape index (κ1) is 16.9. The molecule has 1 aliphatic rings. The van der Waals surface area contributed by atoms with E-state index >= 15 is 0 Å². The molecule has 7 heteroatoms. The molecule has 1 saturated heterocycles. The van der Waals surface area contributed by atoms with Gasteiger partial charge in [-0.2, -0.15) is 0 Å². The van der Waals surface area contributed by atoms with Crippen molar-refractivity contribution in [2.75, 3.05) is 18.4 Å². The zero-order chi connectivity index (χ0) is 17.9. The number of amides is 1. The Labute approximate surface area is 155 Å². The van der Waals surface area contributed by atoms with Gasteiger partial charge in [0.05, 0.1) is 0 Å². The molecule has 0 unspecified atom stereocenters. The summed E-state index contributed by atoms with van der Waals surface area (Å²) in [6.07, 6.45) is 4.09. The van der Waals surface area contributed by atoms with Crippen LogP contribution in [0.1, 0.15) is 39.8 Å². The highest BCUT2D eigenvalue weighted by Gasteiger charge is 2.20. The molecule has 3 heterocycles. The first-order chi connectivity index (χ1) is 12.7. The van der Waals surface area contributed by atoms with Gasteiger partial charge in [0, 0.05) is 22.7 Å². The van der Waals surface area contributed by atoms with Gasteiger partial charge in [-0.3, -0.25) is 10.1 Å². The van der Waals surface area contributed by atoms with Crippen molar-refractivity contribution in [1.82, 2.24) is 15.5 Å². The van der Waals surface area contributed by atoms with Crippen molar-refractivity contribution in [3.63, 3.8) is 0 Å². The lowest BCUT2D eigenvalue weighted by Crippen LogP contribution is -2.26. The fourth-order valence-corrected chi connectivity index (χ4v) is 4.02. The van der Waals surface area contributed by atoms with Crippen LogP contribution in [-0.2, 0) is 0 Å². The lowest BCUT2D eigenvalue weighted by Gasteiger charge is -2.20. The summed E-state index contributed by atoms with van der Waals surface area (Å²) < 4.78 is 5.21. The standard InChI is InChI=1S/C19H20N4O2S/c1-12-2-4-13(5-3-12)15-10-16(25-23-15)18(24)22-19-21-11-17(26-19)14-6-8-20-9-7-14/h2-5,10-11,14,20H,6-9H2,1H3,(H,21,22,24). The Balaban J connectivity index is 1.44. The van der Waals surface area contributed by atoms with Gasteiger partial charge in [0.15, 0.2) is 5.13 Å². The molecule has 2 aromatic heterocycles. The smallest absolute Gasteiger partial charge is 0.296 e. The van der Waals surface area contributed by atoms with E-state index in [0.29, 0.717) is 16.7 Å². The van der Waals surface area contributed by atoms with E-state index in [-0.39, 0.29) is 11.7 Å². The molecule has 0 radical (unpaired) electrons. The molecular formula is C19H20N4O2S. The van der Waals surface area contributed by atoms with Crippen LogP contribution in [0, 0.1) is 6.92 Å². The Morgan fingerprint density at radius 1 is 1.27 bits per heavy atom. The zero-order valence-electron chi connectivity index (χ0n) is 14.5. The molecule has 1 fully saturated rings. The van der Waals surface area contributed by atoms with E-state index in [1.54, 1.807) is 6.07 Å². The zero-order valence-corrected chi connectivity index (χ0v) is 15.3. The number of rotatable bonds is 4. The van der Waals surface area contributed by atoms with Crippen molar-refractivity contribution in [1.29, 1.82) is 0 Å². The van der Waals surface area contributed by atoms with E-state index in [1.807, 2.05) is 37.4 Å². The monoisotopic (exact) mass is 368 g/mol. The molecule has 0 bridgehead atoms. The topological polar surface area (TPSA) is 80.0 Å². The molecule has 6 nitrogen and oxygen atoms in total. The molecule has 0 spiro atoms. The second-order valence-corrected chi connectivity index (χ2v) is 7.55. The molecule has 1 aliphatic heterocycles. The summed E-state index contributed by atoms with van der Waals surface area (Å²) in [5, 5.41) is 10.8. The van der Waals surface area contributed by atoms with Crippen LogP contribution in [-0.4, -0.2) is 29.1 Å². The highest BCUT2D eigenvalue weighted by molar-refractivity contribution is 7.15. The summed E-state index contributed by atoms with van der Waals surface area (Å²) in [5.74, 6) is 0.374. The van der Waals surface area contributed by atoms with Crippen LogP contribution in [0.3, 0.4) is 0 Å². The lowest BCUT2D eigenvalue weighted by molar-refractivity contribution is 0.0988. The van der Waals surface area contributed by atoms with Crippen molar-refractivity contribution in [2.24, 2.45) is 0 Å². The molecule has 0 aliphatic carbocycles. The number of carbonyl (C=O) groups is 1. The van der Waals surface area contributed by atoms with E-state index in [2.05, 4.69) is 20.8 Å². The maximum atomic E-state index is 12.4. The summed E-state index contributed by atoms with van der Waals surface area (Å²) in [6.45, 7) is 4.09. The van der Waals surface area contributed by atoms with Crippen molar-refractivity contribution >= 4 is 22.4 Å². The second kappa shape index (κ2) is 7.39. The fraction of sp³-hybridized carbons (Fsp3) is 0.316. The van der Waals surface area contributed by atoms with Crippen LogP contribution in [0.4, 0.5) is 5.13 Å². The third-order valence-corrected chi connectivity index (χ3v) is 5.64. The predicted molar refractivity (Wildman–Crippen MR) is 102 cm³/mol. The van der Waals surface area contributed by atoms with Gasteiger partial charge in [-0.25, -0.2) is 4.98 Å². The fourth-order valence-electron chi connectivity index (χ4n) is 3.04. The molecule has 0 saturated carbocycles. The molecule has 0 atom stereocenters. The summed E-state index contributed by atoms with van der Waals surface area (Å²) in [6, 6.07) is 9.58. The number of nitrogens with one attached hydrogen (secondary N) is 2. The van der Waals surface area contributed by atoms with Gasteiger partial charge in [-0.15, -0.1) is 11.3 Å². The lowest BCUT2D eigenvalue weighted by atomic mass is 9.97. The Bertz CT molecular complexity index is 894. The first-order valence-electron chi connectivity index (χ1n) is 8.70. The molecule has 1 aromatic carbocycles. The Morgan fingerprint density at radius 2 is 2.04 bits per heavy atom. The molecule has 2 N–H and O–H groups in total. The number of nitrogens with zero attached hydrogens (tertiary/aromatic N) is 2. The first-order valence-corrected chi connectivity index (χ1v) is 9.52. The maximum Gasteiger partial charge on any atom is 0.296 e. The van der Waals surface area contributed by atoms with Crippen molar-refractivity contribution < 1.29 is 9.32 Å². The predicted octanol–water partition coefficient (Wildman–Crippen LogP) is 3.83. The highest BCUT2D eigenvalue weighted by atomic mass is 32.1. The maximum absolute atomic E-state index is 12.4. The van der Waals surface area contributed by atoms with E-state index in [9.17, 15) is 4.79 Å². The van der Waals surface area contributed by atoms with Crippen LogP contribution < -0.4 is 10.6 Å². The van der Waals surface area contributed by atoms with E-state index < -0.39 is 0 Å². The van der Waals surface area contributed by atoms with E-state index in [0.717, 1.165) is 31.5 Å². The number of anilines is 1. The average molecular weight is 368 g/mol. The van der Waals surface area contributed by atoms with Crippen LogP contribution in [0.5, 0.6) is 0 Å². The third-order valence-electron chi connectivity index (χ3n) is 4.57. The molecule has 3 aromatic rings. The summed E-state index contributed by atoms with van der Waals surface area (Å²) in [4.78, 5) is 18.0.